The van der Waals surface area contributed by atoms with Gasteiger partial charge in [0.25, 0.3) is 0 Å². The molecule has 0 saturated heterocycles. The Balaban J connectivity index is 0.00000423. The number of hydrogen-bond acceptors (Lipinski definition) is 7. The zero-order valence-electron chi connectivity index (χ0n) is 24.3. The van der Waals surface area contributed by atoms with Gasteiger partial charge in [-0.15, -0.1) is 13.1 Å². The van der Waals surface area contributed by atoms with Crippen molar-refractivity contribution in [2.45, 2.75) is 19.4 Å². The summed E-state index contributed by atoms with van der Waals surface area (Å²) in [5.74, 6) is 1.69. The first-order valence-electron chi connectivity index (χ1n) is 13.7. The number of carbonyl (C=O) groups excluding carboxylic acids is 2. The minimum atomic E-state index is -1.10. The normalized spacial score (nSPS) is 13.1. The van der Waals surface area contributed by atoms with Crippen LogP contribution in [-0.4, -0.2) is 49.0 Å². The number of rotatable bonds is 12. The second-order valence-corrected chi connectivity index (χ2v) is 10.1. The van der Waals surface area contributed by atoms with Crippen molar-refractivity contribution in [2.75, 3.05) is 37.9 Å². The van der Waals surface area contributed by atoms with Gasteiger partial charge in [0.1, 0.15) is 16.9 Å². The average Bonchev–Trinajstić information content (AvgIpc) is 3.83. The molecule has 9 nitrogen and oxygen atoms in total. The standard InChI is InChI=1S/C33H34N4O5.U/c1-5-37(6-2)21-22-9-7-8-10-26(22)36-32(39)33(16-17-33)31(38)35-23-11-13-24(14-12-23)42-28-15-18-34-27-20-30(41-4)29(40-3)19-25(27)28;/h7-15,18-20H,1-2,5-6,16-17,21H2,3-4H3,(H,35,38)(H,36,39);/q-2;+2. The fraction of sp³-hybridized carbons (Fsp3) is 0.242. The van der Waals surface area contributed by atoms with Crippen molar-refractivity contribution in [2.24, 2.45) is 5.41 Å². The molecule has 1 heterocycles. The maximum Gasteiger partial charge on any atom is 2.00 e. The predicted octanol–water partition coefficient (Wildman–Crippen LogP) is 5.87. The third kappa shape index (κ3) is 7.15. The number of nitrogens with zero attached hydrogens (tertiary/aromatic N) is 2. The average molecular weight is 805 g/mol. The minimum absolute atomic E-state index is 0. The van der Waals surface area contributed by atoms with Crippen molar-refractivity contribution in [1.29, 1.82) is 0 Å². The number of pyridine rings is 1. The number of aromatic nitrogens is 1. The fourth-order valence-corrected chi connectivity index (χ4v) is 4.74. The van der Waals surface area contributed by atoms with Gasteiger partial charge >= 0.3 is 31.1 Å². The molecule has 0 spiro atoms. The SMILES string of the molecule is [CH2-]CN(C[CH2-])Cc1ccccc1NC(=O)C1(C(=O)Nc2ccc(Oc3ccnc4cc(OC)c(OC)cc34)cc2)CC1.[U+2]. The van der Waals surface area contributed by atoms with Crippen molar-refractivity contribution in [3.8, 4) is 23.0 Å². The van der Waals surface area contributed by atoms with E-state index >= 15 is 0 Å². The maximum absolute atomic E-state index is 13.3. The number of hydrogen-bond donors (Lipinski definition) is 2. The third-order valence-electron chi connectivity index (χ3n) is 7.46. The molecule has 220 valence electrons. The molecule has 5 rings (SSSR count). The molecule has 1 aliphatic carbocycles. The molecular weight excluding hydrogens is 770 g/mol. The maximum atomic E-state index is 13.3. The van der Waals surface area contributed by atoms with E-state index in [2.05, 4.69) is 34.4 Å². The Hall–Kier alpha value is -3.58. The largest absolute Gasteiger partial charge is 2.00 e. The van der Waals surface area contributed by atoms with E-state index in [1.807, 2.05) is 30.3 Å². The van der Waals surface area contributed by atoms with Crippen LogP contribution in [0.1, 0.15) is 18.4 Å². The zero-order valence-corrected chi connectivity index (χ0v) is 28.5. The van der Waals surface area contributed by atoms with Crippen LogP contribution in [0.25, 0.3) is 10.9 Å². The number of para-hydroxylation sites is 1. The Kier molecular flexibility index (Phi) is 10.7. The van der Waals surface area contributed by atoms with Gasteiger partial charge in [0.2, 0.25) is 11.8 Å². The molecule has 43 heavy (non-hydrogen) atoms. The molecule has 1 aromatic heterocycles. The van der Waals surface area contributed by atoms with Crippen LogP contribution < -0.4 is 24.8 Å². The first kappa shape index (κ1) is 32.3. The molecule has 4 aromatic rings. The van der Waals surface area contributed by atoms with E-state index in [1.165, 1.54) is 0 Å². The minimum Gasteiger partial charge on any atom is -0.493 e. The van der Waals surface area contributed by atoms with E-state index in [-0.39, 0.29) is 42.9 Å². The van der Waals surface area contributed by atoms with E-state index in [4.69, 9.17) is 14.2 Å². The van der Waals surface area contributed by atoms with Gasteiger partial charge in [0, 0.05) is 35.6 Å². The Morgan fingerprint density at radius 3 is 2.19 bits per heavy atom. The van der Waals surface area contributed by atoms with Crippen molar-refractivity contribution < 1.29 is 54.9 Å². The molecule has 10 heteroatoms. The number of anilines is 2. The molecule has 1 saturated carbocycles. The monoisotopic (exact) mass is 804 g/mol. The summed E-state index contributed by atoms with van der Waals surface area (Å²) in [6.07, 6.45) is 2.64. The zero-order chi connectivity index (χ0) is 29.7. The summed E-state index contributed by atoms with van der Waals surface area (Å²) < 4.78 is 16.9. The second-order valence-electron chi connectivity index (χ2n) is 10.1. The van der Waals surface area contributed by atoms with Crippen molar-refractivity contribution >= 4 is 34.1 Å². The number of nitrogens with one attached hydrogen (secondary N) is 2. The van der Waals surface area contributed by atoms with E-state index in [1.54, 1.807) is 56.8 Å². The van der Waals surface area contributed by atoms with E-state index < -0.39 is 5.41 Å². The molecule has 0 atom stereocenters. The van der Waals surface area contributed by atoms with Crippen molar-refractivity contribution in [3.63, 3.8) is 0 Å². The Morgan fingerprint density at radius 1 is 0.884 bits per heavy atom. The number of methoxy groups -OCH3 is 2. The van der Waals surface area contributed by atoms with E-state index in [9.17, 15) is 9.59 Å². The molecule has 3 aromatic carbocycles. The molecular formula is C33H34N4O5U. The third-order valence-corrected chi connectivity index (χ3v) is 7.46. The molecule has 2 amide bonds. The van der Waals surface area contributed by atoms with Crippen LogP contribution in [0.15, 0.2) is 72.9 Å². The van der Waals surface area contributed by atoms with Crippen LogP contribution in [0.3, 0.4) is 0 Å². The van der Waals surface area contributed by atoms with Gasteiger partial charge in [-0.2, -0.15) is 0 Å². The number of carbonyl (C=O) groups is 2. The van der Waals surface area contributed by atoms with E-state index in [0.29, 0.717) is 72.4 Å². The summed E-state index contributed by atoms with van der Waals surface area (Å²) >= 11 is 0. The van der Waals surface area contributed by atoms with Crippen LogP contribution in [0.4, 0.5) is 11.4 Å². The van der Waals surface area contributed by atoms with Crippen LogP contribution in [-0.2, 0) is 16.1 Å². The molecule has 1 fully saturated rings. The Labute approximate surface area is 275 Å². The van der Waals surface area contributed by atoms with Gasteiger partial charge < -0.3 is 43.6 Å². The molecule has 2 N–H and O–H groups in total. The Bertz CT molecular complexity index is 1590. The number of fused-ring (bicyclic) bond motifs is 1. The van der Waals surface area contributed by atoms with Crippen molar-refractivity contribution in [3.05, 3.63) is 92.3 Å². The molecule has 0 aliphatic heterocycles. The topological polar surface area (TPSA) is 102 Å². The van der Waals surface area contributed by atoms with Gasteiger partial charge in [-0.25, -0.2) is 0 Å². The number of benzene rings is 3. The number of amides is 2. The summed E-state index contributed by atoms with van der Waals surface area (Å²) in [5, 5.41) is 6.66. The van der Waals surface area contributed by atoms with E-state index in [0.717, 1.165) is 10.9 Å². The van der Waals surface area contributed by atoms with Crippen LogP contribution in [0.2, 0.25) is 0 Å². The summed E-state index contributed by atoms with van der Waals surface area (Å²) in [4.78, 5) is 33.0. The molecule has 0 bridgehead atoms. The van der Waals surface area contributed by atoms with Gasteiger partial charge in [-0.05, 0) is 60.9 Å². The summed E-state index contributed by atoms with van der Waals surface area (Å²) in [6.45, 7) is 9.68. The van der Waals surface area contributed by atoms with Crippen LogP contribution >= 0.6 is 0 Å². The molecule has 1 aliphatic rings. The predicted molar refractivity (Wildman–Crippen MR) is 163 cm³/mol. The van der Waals surface area contributed by atoms with Gasteiger partial charge in [0.05, 0.1) is 19.7 Å². The molecule has 0 unspecified atom stereocenters. The quantitative estimate of drug-likeness (QED) is 0.137. The number of ether oxygens (including phenoxy) is 3. The Morgan fingerprint density at radius 2 is 1.53 bits per heavy atom. The van der Waals surface area contributed by atoms with Gasteiger partial charge in [-0.3, -0.25) is 14.6 Å². The van der Waals surface area contributed by atoms with Crippen LogP contribution in [0.5, 0.6) is 23.0 Å². The summed E-state index contributed by atoms with van der Waals surface area (Å²) in [7, 11) is 3.15. The summed E-state index contributed by atoms with van der Waals surface area (Å²) in [5.41, 5.74) is 1.81. The van der Waals surface area contributed by atoms with Gasteiger partial charge in [0.15, 0.2) is 11.5 Å². The summed E-state index contributed by atoms with van der Waals surface area (Å²) in [6, 6.07) is 20.0. The fourth-order valence-electron chi connectivity index (χ4n) is 4.74. The van der Waals surface area contributed by atoms with Crippen LogP contribution in [0, 0.1) is 50.4 Å². The molecule has 0 radical (unpaired) electrons. The second kappa shape index (κ2) is 14.3. The van der Waals surface area contributed by atoms with Gasteiger partial charge in [-0.1, -0.05) is 18.2 Å². The first-order chi connectivity index (χ1) is 20.4. The van der Waals surface area contributed by atoms with Crippen molar-refractivity contribution in [1.82, 2.24) is 9.88 Å². The first-order valence-corrected chi connectivity index (χ1v) is 13.7. The smallest absolute Gasteiger partial charge is 0.493 e.